The minimum atomic E-state index is -1.06. The van der Waals surface area contributed by atoms with Crippen molar-refractivity contribution in [2.45, 2.75) is 59.9 Å². The first-order valence-corrected chi connectivity index (χ1v) is 12.7. The van der Waals surface area contributed by atoms with Crippen molar-refractivity contribution >= 4 is 11.9 Å². The third-order valence-corrected chi connectivity index (χ3v) is 2.96. The molecule has 0 aliphatic heterocycles. The zero-order valence-electron chi connectivity index (χ0n) is 25.3. The molecule has 0 radical (unpaired) electrons. The third kappa shape index (κ3) is 48.7. The van der Waals surface area contributed by atoms with Crippen molar-refractivity contribution in [2.24, 2.45) is 0 Å². The van der Waals surface area contributed by atoms with E-state index in [4.69, 9.17) is 35.0 Å². The average molecular weight is 646 g/mol. The van der Waals surface area contributed by atoms with Crippen LogP contribution < -0.4 is 9.47 Å². The Balaban J connectivity index is -0.000000228. The molecule has 9 nitrogen and oxygen atoms in total. The number of aliphatic hydroxyl groups excluding tert-OH is 3. The second-order valence-corrected chi connectivity index (χ2v) is 8.63. The largest absolute Gasteiger partial charge is 0.482 e. The van der Waals surface area contributed by atoms with Crippen molar-refractivity contribution in [3.63, 3.8) is 0 Å². The Morgan fingerprint density at radius 2 is 0.884 bits per heavy atom. The molecule has 0 saturated heterocycles. The minimum absolute atomic E-state index is 0. The van der Waals surface area contributed by atoms with E-state index in [-0.39, 0.29) is 51.7 Å². The van der Waals surface area contributed by atoms with E-state index < -0.39 is 25.2 Å². The van der Waals surface area contributed by atoms with E-state index in [1.165, 1.54) is 48.5 Å². The van der Waals surface area contributed by atoms with Gasteiger partial charge < -0.3 is 35.0 Å². The first kappa shape index (κ1) is 46.6. The standard InChI is InChI=1S/2C8H7FO3.C6H5.3C3H8O.Ti/c2*9-6-1-3-7(4-2-6)12-5-8(10)11;1-2-4-6-5-3-1;3*1-3(2)4;/h2*1-4H,5H2,(H,10,11);1-5H;3*3-4H,1-2H3;/q;;-1;;;;. The maximum Gasteiger partial charge on any atom is 0.341 e. The molecule has 3 aromatic rings. The monoisotopic (exact) mass is 645 g/mol. The minimum Gasteiger partial charge on any atom is -0.482 e. The molecule has 0 spiro atoms. The van der Waals surface area contributed by atoms with Gasteiger partial charge in [0.2, 0.25) is 0 Å². The molecular formula is C31H43F2O9Ti-. The average Bonchev–Trinajstić information content (AvgIpc) is 2.89. The van der Waals surface area contributed by atoms with Gasteiger partial charge in [0.15, 0.2) is 13.2 Å². The summed E-state index contributed by atoms with van der Waals surface area (Å²) in [4.78, 5) is 20.1. The molecule has 0 heterocycles. The Labute approximate surface area is 267 Å². The van der Waals surface area contributed by atoms with Crippen LogP contribution in [0.5, 0.6) is 11.5 Å². The molecule has 43 heavy (non-hydrogen) atoms. The Bertz CT molecular complexity index is 911. The maximum absolute atomic E-state index is 12.3. The molecule has 240 valence electrons. The number of aliphatic carboxylic acids is 2. The van der Waals surface area contributed by atoms with Crippen LogP contribution in [0.25, 0.3) is 0 Å². The Hall–Kier alpha value is -3.35. The Morgan fingerprint density at radius 1 is 0.628 bits per heavy atom. The van der Waals surface area contributed by atoms with Crippen LogP contribution in [0.2, 0.25) is 0 Å². The number of hydrogen-bond acceptors (Lipinski definition) is 7. The number of hydrogen-bond donors (Lipinski definition) is 5. The van der Waals surface area contributed by atoms with Crippen LogP contribution >= 0.6 is 0 Å². The predicted octanol–water partition coefficient (Wildman–Crippen LogP) is 5.22. The molecule has 0 amide bonds. The number of carbonyl (C=O) groups is 2. The quantitative estimate of drug-likeness (QED) is 0.179. The van der Waals surface area contributed by atoms with E-state index in [0.717, 1.165) is 0 Å². The zero-order chi connectivity index (χ0) is 32.9. The van der Waals surface area contributed by atoms with Crippen molar-refractivity contribution in [3.8, 4) is 11.5 Å². The second kappa shape index (κ2) is 31.6. The summed E-state index contributed by atoms with van der Waals surface area (Å²) in [5.74, 6) is -2.17. The molecule has 3 aromatic carbocycles. The van der Waals surface area contributed by atoms with Crippen LogP contribution in [-0.2, 0) is 31.3 Å². The fourth-order valence-corrected chi connectivity index (χ4v) is 1.69. The number of rotatable bonds is 6. The summed E-state index contributed by atoms with van der Waals surface area (Å²) in [7, 11) is 0. The summed E-state index contributed by atoms with van der Waals surface area (Å²) >= 11 is 0. The van der Waals surface area contributed by atoms with E-state index in [1.54, 1.807) is 41.5 Å². The summed E-state index contributed by atoms with van der Waals surface area (Å²) in [5, 5.41) is 40.6. The molecule has 0 saturated carbocycles. The number of aliphatic hydroxyl groups is 3. The van der Waals surface area contributed by atoms with E-state index >= 15 is 0 Å². The number of halogens is 2. The molecule has 0 aliphatic rings. The van der Waals surface area contributed by atoms with Crippen molar-refractivity contribution in [1.82, 2.24) is 0 Å². The van der Waals surface area contributed by atoms with Gasteiger partial charge in [-0.15, -0.1) is 0 Å². The molecule has 12 heteroatoms. The fourth-order valence-electron chi connectivity index (χ4n) is 1.69. The molecule has 0 aromatic heterocycles. The molecular weight excluding hydrogens is 602 g/mol. The number of ether oxygens (including phenoxy) is 2. The van der Waals surface area contributed by atoms with Gasteiger partial charge in [-0.2, -0.15) is 36.4 Å². The normalized spacial score (nSPS) is 8.88. The van der Waals surface area contributed by atoms with Crippen LogP contribution in [-0.4, -0.2) is 69.0 Å². The molecule has 0 atom stereocenters. The smallest absolute Gasteiger partial charge is 0.341 e. The van der Waals surface area contributed by atoms with E-state index in [9.17, 15) is 18.4 Å². The van der Waals surface area contributed by atoms with Gasteiger partial charge in [0.25, 0.3) is 0 Å². The van der Waals surface area contributed by atoms with E-state index in [1.807, 2.05) is 30.3 Å². The summed E-state index contributed by atoms with van der Waals surface area (Å²) in [6.07, 6.45) is -0.500. The van der Waals surface area contributed by atoms with Crippen LogP contribution in [0.15, 0.2) is 78.9 Å². The molecule has 0 fully saturated rings. The zero-order valence-corrected chi connectivity index (χ0v) is 26.8. The molecule has 0 aliphatic carbocycles. The van der Waals surface area contributed by atoms with Crippen molar-refractivity contribution in [1.29, 1.82) is 0 Å². The first-order valence-electron chi connectivity index (χ1n) is 12.7. The number of benzene rings is 3. The van der Waals surface area contributed by atoms with Gasteiger partial charge in [-0.1, -0.05) is 0 Å². The van der Waals surface area contributed by atoms with Gasteiger partial charge in [-0.25, -0.2) is 18.4 Å². The summed E-state index contributed by atoms with van der Waals surface area (Å²) < 4.78 is 34.1. The fraction of sp³-hybridized carbons (Fsp3) is 0.355. The van der Waals surface area contributed by atoms with Crippen LogP contribution in [0.3, 0.4) is 0 Å². The third-order valence-electron chi connectivity index (χ3n) is 2.96. The Morgan fingerprint density at radius 3 is 1.05 bits per heavy atom. The van der Waals surface area contributed by atoms with Gasteiger partial charge in [-0.05, 0) is 90.1 Å². The summed E-state index contributed by atoms with van der Waals surface area (Å²) in [6, 6.07) is 22.8. The van der Waals surface area contributed by atoms with Crippen molar-refractivity contribution in [2.75, 3.05) is 13.2 Å². The molecule has 0 bridgehead atoms. The van der Waals surface area contributed by atoms with Gasteiger partial charge in [0, 0.05) is 40.0 Å². The SMILES string of the molecule is CC(C)O.CC(C)O.CC(C)O.O=C(O)COc1ccc(F)cc1.O=C(O)COc1ccc(F)cc1.[Ti].[c-]1ccccc1. The molecule has 3 rings (SSSR count). The first-order chi connectivity index (χ1) is 19.6. The van der Waals surface area contributed by atoms with Crippen molar-refractivity contribution in [3.05, 3.63) is 96.6 Å². The van der Waals surface area contributed by atoms with Gasteiger partial charge in [0.1, 0.15) is 23.1 Å². The van der Waals surface area contributed by atoms with Crippen LogP contribution in [0.4, 0.5) is 8.78 Å². The van der Waals surface area contributed by atoms with E-state index in [0.29, 0.717) is 11.5 Å². The molecule has 0 unspecified atom stereocenters. The van der Waals surface area contributed by atoms with Gasteiger partial charge in [0.05, 0.1) is 0 Å². The molecule has 5 N–H and O–H groups in total. The second-order valence-electron chi connectivity index (χ2n) is 8.63. The van der Waals surface area contributed by atoms with Gasteiger partial charge in [-0.3, -0.25) is 0 Å². The van der Waals surface area contributed by atoms with E-state index in [2.05, 4.69) is 6.07 Å². The van der Waals surface area contributed by atoms with Crippen LogP contribution in [0.1, 0.15) is 41.5 Å². The maximum atomic E-state index is 12.3. The Kier molecular flexibility index (Phi) is 34.2. The van der Waals surface area contributed by atoms with Crippen LogP contribution in [0, 0.1) is 17.7 Å². The topological polar surface area (TPSA) is 154 Å². The number of carboxylic acid groups (broad SMARTS) is 2. The predicted molar refractivity (Wildman–Crippen MR) is 156 cm³/mol. The summed E-state index contributed by atoms with van der Waals surface area (Å²) in [5.41, 5.74) is 0. The van der Waals surface area contributed by atoms with Crippen molar-refractivity contribution < 1.29 is 75.1 Å². The number of carboxylic acids is 2. The summed E-state index contributed by atoms with van der Waals surface area (Å²) in [6.45, 7) is 9.51. The van der Waals surface area contributed by atoms with Gasteiger partial charge >= 0.3 is 11.9 Å².